The molecule has 0 saturated carbocycles. The lowest BCUT2D eigenvalue weighted by Crippen LogP contribution is -2.29. The van der Waals surface area contributed by atoms with Gasteiger partial charge in [0.15, 0.2) is 0 Å². The van der Waals surface area contributed by atoms with Gasteiger partial charge in [0.05, 0.1) is 6.20 Å². The maximum Gasteiger partial charge on any atom is 0.244 e. The van der Waals surface area contributed by atoms with Crippen LogP contribution in [0, 0.1) is 0 Å². The third-order valence-corrected chi connectivity index (χ3v) is 1.77. The lowest BCUT2D eigenvalue weighted by Gasteiger charge is -2.16. The number of nitrogens with zero attached hydrogens (tertiary/aromatic N) is 2. The molecule has 0 aliphatic rings. The van der Waals surface area contributed by atoms with Gasteiger partial charge in [0.25, 0.3) is 0 Å². The van der Waals surface area contributed by atoms with Crippen molar-refractivity contribution < 1.29 is 4.43 Å². The van der Waals surface area contributed by atoms with Crippen molar-refractivity contribution in [1.29, 1.82) is 0 Å². The Morgan fingerprint density at radius 1 is 1.27 bits per heavy atom. The summed E-state index contributed by atoms with van der Waals surface area (Å²) in [5, 5.41) is 0. The van der Waals surface area contributed by atoms with Crippen LogP contribution in [0.2, 0.25) is 19.6 Å². The van der Waals surface area contributed by atoms with Gasteiger partial charge in [-0.1, -0.05) is 0 Å². The summed E-state index contributed by atoms with van der Waals surface area (Å²) in [7, 11) is -1.50. The molecule has 0 radical (unpaired) electrons. The standard InChI is InChI=1S/C7H12N2OSi/c1-11(2,3)10-7-6-8-4-5-9-7/h4-6H,1-3H3. The molecule has 0 saturated heterocycles. The first-order valence-corrected chi connectivity index (χ1v) is 6.94. The van der Waals surface area contributed by atoms with Gasteiger partial charge in [-0.2, -0.15) is 0 Å². The molecule has 0 fully saturated rings. The van der Waals surface area contributed by atoms with E-state index in [4.69, 9.17) is 4.43 Å². The molecule has 4 heteroatoms. The Kier molecular flexibility index (Phi) is 2.24. The molecule has 0 bridgehead atoms. The summed E-state index contributed by atoms with van der Waals surface area (Å²) in [6.45, 7) is 6.34. The molecule has 1 heterocycles. The number of rotatable bonds is 2. The highest BCUT2D eigenvalue weighted by molar-refractivity contribution is 6.70. The van der Waals surface area contributed by atoms with Crippen LogP contribution < -0.4 is 4.43 Å². The van der Waals surface area contributed by atoms with Crippen LogP contribution in [0.15, 0.2) is 18.6 Å². The van der Waals surface area contributed by atoms with Gasteiger partial charge in [-0.3, -0.25) is 4.98 Å². The molecule has 0 unspecified atom stereocenters. The van der Waals surface area contributed by atoms with Crippen molar-refractivity contribution in [2.45, 2.75) is 19.6 Å². The Morgan fingerprint density at radius 2 is 2.00 bits per heavy atom. The van der Waals surface area contributed by atoms with Crippen molar-refractivity contribution in [3.05, 3.63) is 18.6 Å². The smallest absolute Gasteiger partial charge is 0.244 e. The van der Waals surface area contributed by atoms with Crippen molar-refractivity contribution in [1.82, 2.24) is 9.97 Å². The Hall–Kier alpha value is -0.903. The van der Waals surface area contributed by atoms with E-state index >= 15 is 0 Å². The normalized spacial score (nSPS) is 11.2. The predicted octanol–water partition coefficient (Wildman–Crippen LogP) is 1.69. The van der Waals surface area contributed by atoms with Gasteiger partial charge in [0.2, 0.25) is 14.2 Å². The minimum atomic E-state index is -1.50. The van der Waals surface area contributed by atoms with E-state index in [0.29, 0.717) is 5.88 Å². The highest BCUT2D eigenvalue weighted by Gasteiger charge is 2.16. The monoisotopic (exact) mass is 168 g/mol. The van der Waals surface area contributed by atoms with Gasteiger partial charge in [0, 0.05) is 12.4 Å². The first kappa shape index (κ1) is 8.20. The third-order valence-electron chi connectivity index (χ3n) is 0.950. The maximum atomic E-state index is 5.57. The van der Waals surface area contributed by atoms with Gasteiger partial charge in [0.1, 0.15) is 0 Å². The van der Waals surface area contributed by atoms with E-state index in [0.717, 1.165) is 0 Å². The summed E-state index contributed by atoms with van der Waals surface area (Å²) in [5.41, 5.74) is 0. The van der Waals surface area contributed by atoms with Crippen LogP contribution in [-0.2, 0) is 0 Å². The highest BCUT2D eigenvalue weighted by atomic mass is 28.4. The topological polar surface area (TPSA) is 35.0 Å². The van der Waals surface area contributed by atoms with Crippen LogP contribution in [0.1, 0.15) is 0 Å². The molecular formula is C7H12N2OSi. The molecule has 0 amide bonds. The summed E-state index contributed by atoms with van der Waals surface area (Å²) in [6.07, 6.45) is 4.91. The van der Waals surface area contributed by atoms with Crippen LogP contribution in [0.3, 0.4) is 0 Å². The van der Waals surface area contributed by atoms with Gasteiger partial charge < -0.3 is 4.43 Å². The van der Waals surface area contributed by atoms with E-state index in [-0.39, 0.29) is 0 Å². The van der Waals surface area contributed by atoms with E-state index in [1.807, 2.05) is 0 Å². The van der Waals surface area contributed by atoms with E-state index in [9.17, 15) is 0 Å². The zero-order chi connectivity index (χ0) is 8.32. The summed E-state index contributed by atoms with van der Waals surface area (Å²) >= 11 is 0. The third kappa shape index (κ3) is 3.13. The van der Waals surface area contributed by atoms with Crippen molar-refractivity contribution in [3.63, 3.8) is 0 Å². The lowest BCUT2D eigenvalue weighted by atomic mass is 10.7. The van der Waals surface area contributed by atoms with Crippen LogP contribution in [0.25, 0.3) is 0 Å². The van der Waals surface area contributed by atoms with E-state index in [2.05, 4.69) is 29.6 Å². The minimum Gasteiger partial charge on any atom is -0.530 e. The Bertz CT molecular complexity index is 220. The molecule has 0 aromatic carbocycles. The Labute approximate surface area is 67.6 Å². The second kappa shape index (κ2) is 3.00. The second-order valence-corrected chi connectivity index (χ2v) is 7.69. The molecule has 0 atom stereocenters. The van der Waals surface area contributed by atoms with Crippen LogP contribution in [0.4, 0.5) is 0 Å². The average Bonchev–Trinajstić information content (AvgIpc) is 1.85. The highest BCUT2D eigenvalue weighted by Crippen LogP contribution is 2.09. The molecule has 3 nitrogen and oxygen atoms in total. The van der Waals surface area contributed by atoms with Crippen molar-refractivity contribution in [3.8, 4) is 5.88 Å². The minimum absolute atomic E-state index is 0.631. The predicted molar refractivity (Wildman–Crippen MR) is 46.0 cm³/mol. The number of hydrogen-bond acceptors (Lipinski definition) is 3. The van der Waals surface area contributed by atoms with Gasteiger partial charge >= 0.3 is 0 Å². The number of aromatic nitrogens is 2. The van der Waals surface area contributed by atoms with Crippen molar-refractivity contribution in [2.24, 2.45) is 0 Å². The lowest BCUT2D eigenvalue weighted by molar-refractivity contribution is 0.530. The SMILES string of the molecule is C[Si](C)(C)Oc1cnccn1. The van der Waals surface area contributed by atoms with Crippen LogP contribution in [0.5, 0.6) is 5.88 Å². The molecule has 0 aliphatic heterocycles. The molecule has 1 rings (SSSR count). The molecular weight excluding hydrogens is 156 g/mol. The fourth-order valence-electron chi connectivity index (χ4n) is 0.652. The fourth-order valence-corrected chi connectivity index (χ4v) is 1.38. The van der Waals surface area contributed by atoms with Crippen LogP contribution in [-0.4, -0.2) is 18.3 Å². The van der Waals surface area contributed by atoms with Crippen molar-refractivity contribution >= 4 is 8.32 Å². The zero-order valence-electron chi connectivity index (χ0n) is 7.03. The fraction of sp³-hybridized carbons (Fsp3) is 0.429. The summed E-state index contributed by atoms with van der Waals surface area (Å²) in [6, 6.07) is 0. The molecule has 1 aromatic heterocycles. The Balaban J connectivity index is 2.66. The summed E-state index contributed by atoms with van der Waals surface area (Å²) in [4.78, 5) is 7.92. The van der Waals surface area contributed by atoms with Gasteiger partial charge in [-0.25, -0.2) is 4.98 Å². The maximum absolute atomic E-state index is 5.57. The molecule has 0 spiro atoms. The first-order valence-electron chi connectivity index (χ1n) is 3.53. The van der Waals surface area contributed by atoms with E-state index < -0.39 is 8.32 Å². The second-order valence-electron chi connectivity index (χ2n) is 3.26. The molecule has 60 valence electrons. The number of hydrogen-bond donors (Lipinski definition) is 0. The van der Waals surface area contributed by atoms with Crippen LogP contribution >= 0.6 is 0 Å². The molecule has 0 aliphatic carbocycles. The molecule has 1 aromatic rings. The molecule has 0 N–H and O–H groups in total. The molecule has 11 heavy (non-hydrogen) atoms. The zero-order valence-corrected chi connectivity index (χ0v) is 8.03. The quantitative estimate of drug-likeness (QED) is 0.630. The van der Waals surface area contributed by atoms with Gasteiger partial charge in [-0.15, -0.1) is 0 Å². The Morgan fingerprint density at radius 3 is 2.45 bits per heavy atom. The van der Waals surface area contributed by atoms with E-state index in [1.165, 1.54) is 0 Å². The average molecular weight is 168 g/mol. The largest absolute Gasteiger partial charge is 0.530 e. The first-order chi connectivity index (χ1) is 5.08. The summed E-state index contributed by atoms with van der Waals surface area (Å²) < 4.78 is 5.57. The van der Waals surface area contributed by atoms with Crippen molar-refractivity contribution in [2.75, 3.05) is 0 Å². The summed E-state index contributed by atoms with van der Waals surface area (Å²) in [5.74, 6) is 0.631. The van der Waals surface area contributed by atoms with E-state index in [1.54, 1.807) is 18.6 Å². The van der Waals surface area contributed by atoms with Gasteiger partial charge in [-0.05, 0) is 19.6 Å².